The molecule has 3 heterocycles. The first-order chi connectivity index (χ1) is 13.4. The fourth-order valence-corrected chi connectivity index (χ4v) is 3.76. The minimum absolute atomic E-state index is 0.894. The summed E-state index contributed by atoms with van der Waals surface area (Å²) in [4.78, 5) is 7.10. The summed E-state index contributed by atoms with van der Waals surface area (Å²) in [6.45, 7) is 6.48. The fraction of sp³-hybridized carbons (Fsp3) is 0.348. The van der Waals surface area contributed by atoms with Crippen molar-refractivity contribution in [2.24, 2.45) is 0 Å². The van der Waals surface area contributed by atoms with E-state index in [0.717, 1.165) is 30.8 Å². The van der Waals surface area contributed by atoms with Crippen LogP contribution in [0.5, 0.6) is 0 Å². The molecule has 4 rings (SSSR count). The number of aromatic nitrogens is 2. The zero-order valence-corrected chi connectivity index (χ0v) is 16.1. The van der Waals surface area contributed by atoms with Crippen molar-refractivity contribution in [2.45, 2.75) is 26.2 Å². The molecule has 140 valence electrons. The summed E-state index contributed by atoms with van der Waals surface area (Å²) < 4.78 is 2.20. The van der Waals surface area contributed by atoms with Crippen molar-refractivity contribution >= 4 is 22.8 Å². The first kappa shape index (κ1) is 17.8. The Morgan fingerprint density at radius 3 is 2.63 bits per heavy atom. The molecule has 3 aromatic rings. The van der Waals surface area contributed by atoms with Crippen LogP contribution in [-0.4, -0.2) is 35.7 Å². The average molecular weight is 361 g/mol. The summed E-state index contributed by atoms with van der Waals surface area (Å²) in [5.74, 6) is 0. The number of fused-ring (bicyclic) bond motifs is 1. The summed E-state index contributed by atoms with van der Waals surface area (Å²) in [5.41, 5.74) is 4.70. The average Bonchev–Trinajstić information content (AvgIpc) is 3.37. The molecule has 0 bridgehead atoms. The van der Waals surface area contributed by atoms with Crippen LogP contribution in [0.4, 0.5) is 5.69 Å². The van der Waals surface area contributed by atoms with Gasteiger partial charge in [-0.2, -0.15) is 0 Å². The third-order valence-corrected chi connectivity index (χ3v) is 5.18. The maximum Gasteiger partial charge on any atom is 0.145 e. The molecule has 0 spiro atoms. The molecule has 0 aliphatic carbocycles. The van der Waals surface area contributed by atoms with E-state index in [0.29, 0.717) is 0 Å². The molecule has 2 aromatic heterocycles. The van der Waals surface area contributed by atoms with Crippen molar-refractivity contribution in [1.29, 1.82) is 0 Å². The summed E-state index contributed by atoms with van der Waals surface area (Å²) in [5, 5.41) is 4.60. The normalized spacial score (nSPS) is 14.6. The summed E-state index contributed by atoms with van der Waals surface area (Å²) in [6.07, 6.45) is 12.2. The van der Waals surface area contributed by atoms with Crippen LogP contribution >= 0.6 is 0 Å². The minimum Gasteiger partial charge on any atom is -0.372 e. The monoisotopic (exact) mass is 360 g/mol. The number of hydrogen-bond acceptors (Lipinski definition) is 3. The third-order valence-electron chi connectivity index (χ3n) is 5.18. The van der Waals surface area contributed by atoms with E-state index in [2.05, 4.69) is 75.4 Å². The van der Waals surface area contributed by atoms with Gasteiger partial charge in [-0.3, -0.25) is 0 Å². The van der Waals surface area contributed by atoms with Crippen molar-refractivity contribution < 1.29 is 0 Å². The second kappa shape index (κ2) is 8.40. The first-order valence-corrected chi connectivity index (χ1v) is 10.1. The largest absolute Gasteiger partial charge is 0.372 e. The van der Waals surface area contributed by atoms with E-state index in [4.69, 9.17) is 0 Å². The zero-order chi connectivity index (χ0) is 18.5. The quantitative estimate of drug-likeness (QED) is 0.623. The molecule has 4 nitrogen and oxygen atoms in total. The minimum atomic E-state index is 0.894. The molecule has 0 amide bonds. The van der Waals surface area contributed by atoms with E-state index >= 15 is 0 Å². The highest BCUT2D eigenvalue weighted by Crippen LogP contribution is 2.26. The van der Waals surface area contributed by atoms with Gasteiger partial charge in [0.15, 0.2) is 0 Å². The topological polar surface area (TPSA) is 33.1 Å². The van der Waals surface area contributed by atoms with Crippen LogP contribution in [0.1, 0.15) is 31.7 Å². The molecule has 4 heteroatoms. The predicted molar refractivity (Wildman–Crippen MR) is 115 cm³/mol. The number of pyridine rings is 1. The lowest BCUT2D eigenvalue weighted by Crippen LogP contribution is -2.17. The number of benzene rings is 1. The maximum atomic E-state index is 4.64. The van der Waals surface area contributed by atoms with Gasteiger partial charge in [0.2, 0.25) is 0 Å². The molecule has 1 aliphatic rings. The van der Waals surface area contributed by atoms with Crippen LogP contribution in [0.15, 0.2) is 54.9 Å². The Hall–Kier alpha value is -2.59. The van der Waals surface area contributed by atoms with Gasteiger partial charge >= 0.3 is 0 Å². The number of rotatable bonds is 7. The van der Waals surface area contributed by atoms with Gasteiger partial charge in [0.25, 0.3) is 0 Å². The lowest BCUT2D eigenvalue weighted by Gasteiger charge is -2.18. The molecule has 1 saturated heterocycles. The summed E-state index contributed by atoms with van der Waals surface area (Å²) in [6, 6.07) is 13.0. The second-order valence-electron chi connectivity index (χ2n) is 7.15. The van der Waals surface area contributed by atoms with Crippen molar-refractivity contribution in [3.63, 3.8) is 0 Å². The predicted octanol–water partition coefficient (Wildman–Crippen LogP) is 4.64. The lowest BCUT2D eigenvalue weighted by atomic mass is 10.2. The third kappa shape index (κ3) is 3.91. The van der Waals surface area contributed by atoms with Crippen molar-refractivity contribution in [1.82, 2.24) is 14.9 Å². The van der Waals surface area contributed by atoms with Gasteiger partial charge in [-0.15, -0.1) is 0 Å². The van der Waals surface area contributed by atoms with Crippen molar-refractivity contribution in [3.05, 3.63) is 60.4 Å². The Morgan fingerprint density at radius 2 is 1.85 bits per heavy atom. The molecule has 1 fully saturated rings. The molecule has 0 radical (unpaired) electrons. The van der Waals surface area contributed by atoms with E-state index < -0.39 is 0 Å². The Bertz CT molecular complexity index is 902. The highest BCUT2D eigenvalue weighted by molar-refractivity contribution is 5.88. The highest BCUT2D eigenvalue weighted by atomic mass is 15.1. The number of hydrogen-bond donors (Lipinski definition) is 1. The van der Waals surface area contributed by atoms with Gasteiger partial charge in [0.1, 0.15) is 5.65 Å². The molecular formula is C23H28N4. The van der Waals surface area contributed by atoms with Gasteiger partial charge < -0.3 is 14.8 Å². The van der Waals surface area contributed by atoms with E-state index in [1.54, 1.807) is 0 Å². The summed E-state index contributed by atoms with van der Waals surface area (Å²) >= 11 is 0. The highest BCUT2D eigenvalue weighted by Gasteiger charge is 2.13. The zero-order valence-electron chi connectivity index (χ0n) is 16.1. The number of nitrogens with zero attached hydrogens (tertiary/aromatic N) is 3. The van der Waals surface area contributed by atoms with Crippen LogP contribution in [0, 0.1) is 0 Å². The van der Waals surface area contributed by atoms with Gasteiger partial charge in [-0.1, -0.05) is 19.1 Å². The fourth-order valence-electron chi connectivity index (χ4n) is 3.76. The smallest absolute Gasteiger partial charge is 0.145 e. The molecule has 1 N–H and O–H groups in total. The van der Waals surface area contributed by atoms with E-state index in [1.807, 2.05) is 12.3 Å². The van der Waals surface area contributed by atoms with E-state index in [1.165, 1.54) is 42.6 Å². The van der Waals surface area contributed by atoms with Crippen LogP contribution < -0.4 is 10.2 Å². The van der Waals surface area contributed by atoms with Gasteiger partial charge in [-0.25, -0.2) is 4.98 Å². The maximum absolute atomic E-state index is 4.64. The SMILES string of the molecule is CCCNC/C=C/c1cn(-c2ccc(N3CCCC3)cc2)c2ncccc12. The van der Waals surface area contributed by atoms with E-state index in [9.17, 15) is 0 Å². The van der Waals surface area contributed by atoms with Gasteiger partial charge in [0, 0.05) is 54.4 Å². The lowest BCUT2D eigenvalue weighted by molar-refractivity contribution is 0.730. The van der Waals surface area contributed by atoms with Crippen LogP contribution in [-0.2, 0) is 0 Å². The van der Waals surface area contributed by atoms with Crippen LogP contribution in [0.25, 0.3) is 22.8 Å². The van der Waals surface area contributed by atoms with Crippen molar-refractivity contribution in [3.8, 4) is 5.69 Å². The standard InChI is InChI=1S/C23H28N4/c1-2-13-24-14-5-7-19-18-27(23-22(19)8-6-15-25-23)21-11-9-20(10-12-21)26-16-3-4-17-26/h5-12,15,18,24H,2-4,13-14,16-17H2,1H3/b7-5+. The molecule has 0 unspecified atom stereocenters. The van der Waals surface area contributed by atoms with Gasteiger partial charge in [0.05, 0.1) is 0 Å². The van der Waals surface area contributed by atoms with Crippen molar-refractivity contribution in [2.75, 3.05) is 31.1 Å². The summed E-state index contributed by atoms with van der Waals surface area (Å²) in [7, 11) is 0. The Morgan fingerprint density at radius 1 is 1.07 bits per heavy atom. The molecule has 0 atom stereocenters. The van der Waals surface area contributed by atoms with Gasteiger partial charge in [-0.05, 0) is 62.2 Å². The Balaban J connectivity index is 1.61. The molecule has 1 aromatic carbocycles. The van der Waals surface area contributed by atoms with E-state index in [-0.39, 0.29) is 0 Å². The second-order valence-corrected chi connectivity index (χ2v) is 7.15. The molecule has 1 aliphatic heterocycles. The molecule has 27 heavy (non-hydrogen) atoms. The number of anilines is 1. The van der Waals surface area contributed by atoms with Crippen LogP contribution in [0.2, 0.25) is 0 Å². The Labute approximate surface area is 161 Å². The molecular weight excluding hydrogens is 332 g/mol. The molecule has 0 saturated carbocycles. The number of nitrogens with one attached hydrogen (secondary N) is 1. The first-order valence-electron chi connectivity index (χ1n) is 10.1. The van der Waals surface area contributed by atoms with Crippen LogP contribution in [0.3, 0.4) is 0 Å². The Kier molecular flexibility index (Phi) is 5.54.